The maximum absolute atomic E-state index is 12.0. The summed E-state index contributed by atoms with van der Waals surface area (Å²) < 4.78 is 5.01. The first-order chi connectivity index (χ1) is 11.0. The Balaban J connectivity index is 1.96. The molecule has 0 bridgehead atoms. The van der Waals surface area contributed by atoms with E-state index in [2.05, 4.69) is 10.6 Å². The van der Waals surface area contributed by atoms with Crippen LogP contribution in [0, 0.1) is 0 Å². The van der Waals surface area contributed by atoms with Crippen LogP contribution in [0.25, 0.3) is 0 Å². The van der Waals surface area contributed by atoms with Crippen LogP contribution >= 0.6 is 23.2 Å². The molecule has 2 aromatic rings. The second kappa shape index (κ2) is 7.85. The molecule has 0 unspecified atom stereocenters. The van der Waals surface area contributed by atoms with Crippen molar-refractivity contribution in [3.05, 3.63) is 58.1 Å². The number of nitrogens with one attached hydrogen (secondary N) is 2. The van der Waals surface area contributed by atoms with Gasteiger partial charge in [0.05, 0.1) is 16.3 Å². The zero-order chi connectivity index (χ0) is 16.8. The molecule has 2 N–H and O–H groups in total. The van der Waals surface area contributed by atoms with Gasteiger partial charge in [-0.15, -0.1) is 0 Å². The summed E-state index contributed by atoms with van der Waals surface area (Å²) in [5.41, 5.74) is 1.33. The van der Waals surface area contributed by atoms with Crippen molar-refractivity contribution in [2.24, 2.45) is 0 Å². The molecule has 0 spiro atoms. The minimum Gasteiger partial charge on any atom is -0.452 e. The van der Waals surface area contributed by atoms with Gasteiger partial charge in [-0.25, -0.2) is 4.79 Å². The lowest BCUT2D eigenvalue weighted by Gasteiger charge is -2.10. The molecule has 5 nitrogen and oxygen atoms in total. The van der Waals surface area contributed by atoms with Crippen LogP contribution < -0.4 is 10.6 Å². The fraction of sp³-hybridized carbons (Fsp3) is 0.125. The number of anilines is 2. The number of hydrogen-bond donors (Lipinski definition) is 2. The van der Waals surface area contributed by atoms with Crippen molar-refractivity contribution in [1.82, 2.24) is 0 Å². The average molecular weight is 353 g/mol. The number of ether oxygens (including phenoxy) is 1. The largest absolute Gasteiger partial charge is 0.452 e. The Morgan fingerprint density at radius 2 is 1.83 bits per heavy atom. The molecule has 0 aromatic heterocycles. The number of halogens is 2. The lowest BCUT2D eigenvalue weighted by molar-refractivity contribution is -0.119. The van der Waals surface area contributed by atoms with Crippen molar-refractivity contribution in [3.8, 4) is 0 Å². The highest BCUT2D eigenvalue weighted by molar-refractivity contribution is 6.35. The second-order valence-corrected chi connectivity index (χ2v) is 5.39. The van der Waals surface area contributed by atoms with Crippen molar-refractivity contribution in [2.45, 2.75) is 0 Å². The molecular weight excluding hydrogens is 339 g/mol. The minimum absolute atomic E-state index is 0.342. The fourth-order valence-electron chi connectivity index (χ4n) is 1.87. The predicted molar refractivity (Wildman–Crippen MR) is 91.4 cm³/mol. The monoisotopic (exact) mass is 352 g/mol. The van der Waals surface area contributed by atoms with E-state index in [-0.39, 0.29) is 0 Å². The number of rotatable bonds is 5. The van der Waals surface area contributed by atoms with Crippen LogP contribution in [-0.4, -0.2) is 25.5 Å². The zero-order valence-electron chi connectivity index (χ0n) is 12.2. The van der Waals surface area contributed by atoms with Crippen molar-refractivity contribution in [1.29, 1.82) is 0 Å². The SMILES string of the molecule is CNc1ccccc1C(=O)OCC(=O)Nc1cc(Cl)ccc1Cl. The molecule has 120 valence electrons. The highest BCUT2D eigenvalue weighted by Gasteiger charge is 2.14. The fourth-order valence-corrected chi connectivity index (χ4v) is 2.20. The second-order valence-electron chi connectivity index (χ2n) is 4.54. The molecule has 7 heteroatoms. The van der Waals surface area contributed by atoms with E-state index in [1.54, 1.807) is 43.4 Å². The highest BCUT2D eigenvalue weighted by Crippen LogP contribution is 2.25. The van der Waals surface area contributed by atoms with Gasteiger partial charge in [-0.3, -0.25) is 4.79 Å². The molecule has 0 aliphatic heterocycles. The van der Waals surface area contributed by atoms with Gasteiger partial charge in [-0.05, 0) is 30.3 Å². The van der Waals surface area contributed by atoms with Crippen molar-refractivity contribution in [3.63, 3.8) is 0 Å². The minimum atomic E-state index is -0.595. The van der Waals surface area contributed by atoms with Crippen molar-refractivity contribution >= 4 is 46.5 Å². The molecule has 2 rings (SSSR count). The Morgan fingerprint density at radius 1 is 1.09 bits per heavy atom. The number of carbonyl (C=O) groups excluding carboxylic acids is 2. The van der Waals surface area contributed by atoms with Gasteiger partial charge in [-0.2, -0.15) is 0 Å². The summed E-state index contributed by atoms with van der Waals surface area (Å²) in [5, 5.41) is 6.20. The number of esters is 1. The Bertz CT molecular complexity index is 735. The van der Waals surface area contributed by atoms with Crippen LogP contribution in [0.5, 0.6) is 0 Å². The molecule has 0 heterocycles. The third kappa shape index (κ3) is 4.61. The van der Waals surface area contributed by atoms with Crippen LogP contribution in [-0.2, 0) is 9.53 Å². The highest BCUT2D eigenvalue weighted by atomic mass is 35.5. The molecule has 0 saturated heterocycles. The number of hydrogen-bond acceptors (Lipinski definition) is 4. The smallest absolute Gasteiger partial charge is 0.340 e. The number of amides is 1. The lowest BCUT2D eigenvalue weighted by atomic mass is 10.2. The summed E-state index contributed by atoms with van der Waals surface area (Å²) in [6, 6.07) is 11.5. The van der Waals surface area contributed by atoms with E-state index in [0.29, 0.717) is 27.0 Å². The van der Waals surface area contributed by atoms with Gasteiger partial charge in [0, 0.05) is 17.8 Å². The molecule has 23 heavy (non-hydrogen) atoms. The summed E-state index contributed by atoms with van der Waals surface area (Å²) in [7, 11) is 1.69. The predicted octanol–water partition coefficient (Wildman–Crippen LogP) is 3.83. The summed E-state index contributed by atoms with van der Waals surface area (Å²) in [6.45, 7) is -0.431. The Morgan fingerprint density at radius 3 is 2.57 bits per heavy atom. The van der Waals surface area contributed by atoms with E-state index >= 15 is 0 Å². The number of carbonyl (C=O) groups is 2. The molecule has 0 fully saturated rings. The number of benzene rings is 2. The van der Waals surface area contributed by atoms with Crippen LogP contribution in [0.2, 0.25) is 10.0 Å². The number of para-hydroxylation sites is 1. The van der Waals surface area contributed by atoms with Gasteiger partial charge >= 0.3 is 5.97 Å². The third-order valence-electron chi connectivity index (χ3n) is 2.95. The summed E-state index contributed by atoms with van der Waals surface area (Å²) in [5.74, 6) is -1.10. The third-order valence-corrected chi connectivity index (χ3v) is 3.52. The maximum Gasteiger partial charge on any atom is 0.340 e. The maximum atomic E-state index is 12.0. The van der Waals surface area contributed by atoms with Gasteiger partial charge in [0.1, 0.15) is 0 Å². The van der Waals surface area contributed by atoms with E-state index in [9.17, 15) is 9.59 Å². The van der Waals surface area contributed by atoms with Gasteiger partial charge in [0.2, 0.25) is 0 Å². The first-order valence-corrected chi connectivity index (χ1v) is 7.45. The normalized spacial score (nSPS) is 10.0. The van der Waals surface area contributed by atoms with E-state index in [1.165, 1.54) is 6.07 Å². The Kier molecular flexibility index (Phi) is 5.84. The lowest BCUT2D eigenvalue weighted by Crippen LogP contribution is -2.21. The van der Waals surface area contributed by atoms with Gasteiger partial charge in [0.15, 0.2) is 6.61 Å². The quantitative estimate of drug-likeness (QED) is 0.802. The van der Waals surface area contributed by atoms with E-state index in [1.807, 2.05) is 0 Å². The molecule has 0 radical (unpaired) electrons. The standard InChI is InChI=1S/C16H14Cl2N2O3/c1-19-13-5-3-2-4-11(13)16(22)23-9-15(21)20-14-8-10(17)6-7-12(14)18/h2-8,19H,9H2,1H3,(H,20,21). The van der Waals surface area contributed by atoms with Gasteiger partial charge in [0.25, 0.3) is 5.91 Å². The van der Waals surface area contributed by atoms with E-state index < -0.39 is 18.5 Å². The molecule has 0 atom stereocenters. The molecule has 0 aliphatic carbocycles. The first-order valence-electron chi connectivity index (χ1n) is 6.70. The van der Waals surface area contributed by atoms with Crippen LogP contribution in [0.15, 0.2) is 42.5 Å². The molecule has 0 saturated carbocycles. The first kappa shape index (κ1) is 17.1. The average Bonchev–Trinajstić information content (AvgIpc) is 2.56. The summed E-state index contributed by atoms with van der Waals surface area (Å²) in [4.78, 5) is 23.9. The Hall–Kier alpha value is -2.24. The molecule has 0 aliphatic rings. The van der Waals surface area contributed by atoms with Crippen LogP contribution in [0.4, 0.5) is 11.4 Å². The summed E-state index contributed by atoms with van der Waals surface area (Å²) in [6.07, 6.45) is 0. The van der Waals surface area contributed by atoms with E-state index in [4.69, 9.17) is 27.9 Å². The van der Waals surface area contributed by atoms with Gasteiger partial charge < -0.3 is 15.4 Å². The zero-order valence-corrected chi connectivity index (χ0v) is 13.7. The van der Waals surface area contributed by atoms with Crippen molar-refractivity contribution < 1.29 is 14.3 Å². The van der Waals surface area contributed by atoms with Gasteiger partial charge in [-0.1, -0.05) is 35.3 Å². The molecule has 2 aromatic carbocycles. The molecule has 1 amide bonds. The Labute approximate surface area is 143 Å². The van der Waals surface area contributed by atoms with Crippen molar-refractivity contribution in [2.75, 3.05) is 24.3 Å². The van der Waals surface area contributed by atoms with Crippen LogP contribution in [0.3, 0.4) is 0 Å². The van der Waals surface area contributed by atoms with Crippen LogP contribution in [0.1, 0.15) is 10.4 Å². The molecular formula is C16H14Cl2N2O3. The summed E-state index contributed by atoms with van der Waals surface area (Å²) >= 11 is 11.8. The topological polar surface area (TPSA) is 67.4 Å². The van der Waals surface area contributed by atoms with E-state index in [0.717, 1.165) is 0 Å².